The summed E-state index contributed by atoms with van der Waals surface area (Å²) in [5, 5.41) is 8.57. The molecule has 0 aliphatic carbocycles. The highest BCUT2D eigenvalue weighted by Crippen LogP contribution is 2.36. The molecule has 2 N–H and O–H groups in total. The largest absolute Gasteiger partial charge is 0.493 e. The topological polar surface area (TPSA) is 72.0 Å². The van der Waals surface area contributed by atoms with Crippen LogP contribution in [0.4, 0.5) is 5.69 Å². The number of rotatable bonds is 9. The number of hydrogen-bond donors (Lipinski definition) is 2. The monoisotopic (exact) mass is 491 g/mol. The highest BCUT2D eigenvalue weighted by molar-refractivity contribution is 6.32. The van der Waals surface area contributed by atoms with Crippen molar-refractivity contribution in [2.45, 2.75) is 6.61 Å². The van der Waals surface area contributed by atoms with Crippen LogP contribution in [0.3, 0.4) is 0 Å². The third kappa shape index (κ3) is 7.05. The molecule has 6 nitrogen and oxygen atoms in total. The molecule has 0 radical (unpaired) electrons. The second-order valence-electron chi connectivity index (χ2n) is 6.60. The molecule has 3 rings (SSSR count). The minimum atomic E-state index is -0.308. The van der Waals surface area contributed by atoms with E-state index in [0.717, 1.165) is 11.3 Å². The number of anilines is 1. The van der Waals surface area contributed by atoms with Crippen LogP contribution in [0.5, 0.6) is 11.5 Å². The van der Waals surface area contributed by atoms with E-state index in [2.05, 4.69) is 15.8 Å². The van der Waals surface area contributed by atoms with Gasteiger partial charge in [0.25, 0.3) is 5.91 Å². The summed E-state index contributed by atoms with van der Waals surface area (Å²) in [5.74, 6) is 0.554. The van der Waals surface area contributed by atoms with Crippen LogP contribution in [0.25, 0.3) is 0 Å². The van der Waals surface area contributed by atoms with E-state index in [4.69, 9.17) is 44.3 Å². The summed E-state index contributed by atoms with van der Waals surface area (Å²) < 4.78 is 11.2. The number of benzene rings is 3. The predicted octanol–water partition coefficient (Wildman–Crippen LogP) is 5.80. The molecule has 0 bridgehead atoms. The smallest absolute Gasteiger partial charge is 0.259 e. The molecule has 166 valence electrons. The highest BCUT2D eigenvalue weighted by Gasteiger charge is 2.12. The molecule has 0 aliphatic heterocycles. The van der Waals surface area contributed by atoms with E-state index < -0.39 is 0 Å². The Kier molecular flexibility index (Phi) is 8.62. The van der Waals surface area contributed by atoms with Gasteiger partial charge in [0, 0.05) is 15.7 Å². The summed E-state index contributed by atoms with van der Waals surface area (Å²) >= 11 is 18.1. The molecule has 3 aromatic rings. The molecule has 0 aromatic heterocycles. The molecule has 0 spiro atoms. The van der Waals surface area contributed by atoms with Gasteiger partial charge in [-0.3, -0.25) is 4.79 Å². The van der Waals surface area contributed by atoms with E-state index in [1.165, 1.54) is 13.3 Å². The van der Waals surface area contributed by atoms with Crippen LogP contribution in [0.2, 0.25) is 15.1 Å². The van der Waals surface area contributed by atoms with Crippen LogP contribution >= 0.6 is 34.8 Å². The standard InChI is InChI=1S/C23H20Cl3N3O3/c1-31-21-11-16(10-20(26)23(21)32-14-15-2-4-17(24)5-3-15)12-28-29-22(30)13-27-19-8-6-18(25)7-9-19/h2-12,27H,13-14H2,1H3,(H,29,30)/b28-12-. The molecule has 3 aromatic carbocycles. The molecule has 1 amide bonds. The molecule has 0 fully saturated rings. The van der Waals surface area contributed by atoms with E-state index in [9.17, 15) is 4.79 Å². The Bertz CT molecular complexity index is 1090. The normalized spacial score (nSPS) is 10.8. The summed E-state index contributed by atoms with van der Waals surface area (Å²) in [5.41, 5.74) is 4.80. The molecule has 0 heterocycles. The predicted molar refractivity (Wildman–Crippen MR) is 129 cm³/mol. The molecule has 9 heteroatoms. The first-order valence-electron chi connectivity index (χ1n) is 9.50. The van der Waals surface area contributed by atoms with Crippen molar-refractivity contribution >= 4 is 52.6 Å². The number of amides is 1. The number of ether oxygens (including phenoxy) is 2. The fraction of sp³-hybridized carbons (Fsp3) is 0.130. The van der Waals surface area contributed by atoms with Crippen molar-refractivity contribution in [1.29, 1.82) is 0 Å². The average Bonchev–Trinajstić information content (AvgIpc) is 2.79. The van der Waals surface area contributed by atoms with E-state index in [0.29, 0.717) is 38.7 Å². The number of nitrogens with zero attached hydrogens (tertiary/aromatic N) is 1. The number of hydrazone groups is 1. The van der Waals surface area contributed by atoms with Crippen LogP contribution in [0.15, 0.2) is 65.8 Å². The van der Waals surface area contributed by atoms with Crippen molar-refractivity contribution in [3.05, 3.63) is 86.9 Å². The third-order valence-corrected chi connectivity index (χ3v) is 5.03. The Morgan fingerprint density at radius 3 is 2.31 bits per heavy atom. The Morgan fingerprint density at radius 1 is 1.00 bits per heavy atom. The van der Waals surface area contributed by atoms with Gasteiger partial charge in [-0.15, -0.1) is 0 Å². The fourth-order valence-electron chi connectivity index (χ4n) is 2.66. The second-order valence-corrected chi connectivity index (χ2v) is 7.88. The van der Waals surface area contributed by atoms with E-state index in [-0.39, 0.29) is 12.5 Å². The first-order chi connectivity index (χ1) is 15.4. The maximum atomic E-state index is 12.0. The zero-order chi connectivity index (χ0) is 22.9. The van der Waals surface area contributed by atoms with Gasteiger partial charge >= 0.3 is 0 Å². The van der Waals surface area contributed by atoms with Gasteiger partial charge in [-0.1, -0.05) is 46.9 Å². The van der Waals surface area contributed by atoms with E-state index in [1.807, 2.05) is 12.1 Å². The summed E-state index contributed by atoms with van der Waals surface area (Å²) in [6, 6.07) is 17.7. The fourth-order valence-corrected chi connectivity index (χ4v) is 3.18. The van der Waals surface area contributed by atoms with Crippen LogP contribution in [-0.4, -0.2) is 25.8 Å². The lowest BCUT2D eigenvalue weighted by Gasteiger charge is -2.13. The molecule has 0 saturated heterocycles. The Morgan fingerprint density at radius 2 is 1.66 bits per heavy atom. The Hall–Kier alpha value is -2.93. The Balaban J connectivity index is 1.57. The van der Waals surface area contributed by atoms with Crippen molar-refractivity contribution in [2.24, 2.45) is 5.10 Å². The van der Waals surface area contributed by atoms with E-state index >= 15 is 0 Å². The zero-order valence-corrected chi connectivity index (χ0v) is 19.3. The molecule has 0 atom stereocenters. The van der Waals surface area contributed by atoms with Crippen molar-refractivity contribution in [1.82, 2.24) is 5.43 Å². The van der Waals surface area contributed by atoms with Gasteiger partial charge in [-0.25, -0.2) is 5.43 Å². The van der Waals surface area contributed by atoms with Crippen LogP contribution in [0, 0.1) is 0 Å². The molecule has 0 unspecified atom stereocenters. The first kappa shape index (κ1) is 23.7. The number of carbonyl (C=O) groups excluding carboxylic acids is 1. The van der Waals surface area contributed by atoms with Gasteiger partial charge in [0.15, 0.2) is 11.5 Å². The van der Waals surface area contributed by atoms with Gasteiger partial charge in [-0.2, -0.15) is 5.10 Å². The second kappa shape index (κ2) is 11.6. The van der Waals surface area contributed by atoms with E-state index in [1.54, 1.807) is 48.5 Å². The van der Waals surface area contributed by atoms with Crippen molar-refractivity contribution in [2.75, 3.05) is 19.0 Å². The number of nitrogens with one attached hydrogen (secondary N) is 2. The minimum Gasteiger partial charge on any atom is -0.493 e. The zero-order valence-electron chi connectivity index (χ0n) is 17.1. The minimum absolute atomic E-state index is 0.0561. The number of halogens is 3. The molecular weight excluding hydrogens is 473 g/mol. The average molecular weight is 493 g/mol. The summed E-state index contributed by atoms with van der Waals surface area (Å²) in [4.78, 5) is 12.0. The summed E-state index contributed by atoms with van der Waals surface area (Å²) in [7, 11) is 1.52. The number of methoxy groups -OCH3 is 1. The molecule has 32 heavy (non-hydrogen) atoms. The number of hydrogen-bond acceptors (Lipinski definition) is 5. The maximum Gasteiger partial charge on any atom is 0.259 e. The van der Waals surface area contributed by atoms with Gasteiger partial charge in [0.1, 0.15) is 6.61 Å². The Labute approximate surface area is 201 Å². The highest BCUT2D eigenvalue weighted by atomic mass is 35.5. The number of carbonyl (C=O) groups is 1. The molecular formula is C23H20Cl3N3O3. The SMILES string of the molecule is COc1cc(/C=N\NC(=O)CNc2ccc(Cl)cc2)cc(Cl)c1OCc1ccc(Cl)cc1. The molecule has 0 saturated carbocycles. The first-order valence-corrected chi connectivity index (χ1v) is 10.6. The molecule has 0 aliphatic rings. The van der Waals surface area contributed by atoms with Crippen molar-refractivity contribution in [3.63, 3.8) is 0 Å². The lowest BCUT2D eigenvalue weighted by molar-refractivity contribution is -0.119. The van der Waals surface area contributed by atoms with Crippen LogP contribution in [0.1, 0.15) is 11.1 Å². The van der Waals surface area contributed by atoms with Gasteiger partial charge in [0.05, 0.1) is 24.9 Å². The lowest BCUT2D eigenvalue weighted by Crippen LogP contribution is -2.25. The van der Waals surface area contributed by atoms with Crippen molar-refractivity contribution in [3.8, 4) is 11.5 Å². The van der Waals surface area contributed by atoms with Gasteiger partial charge in [-0.05, 0) is 59.7 Å². The maximum absolute atomic E-state index is 12.0. The summed E-state index contributed by atoms with van der Waals surface area (Å²) in [6.07, 6.45) is 1.47. The van der Waals surface area contributed by atoms with Gasteiger partial charge in [0.2, 0.25) is 0 Å². The third-order valence-electron chi connectivity index (χ3n) is 4.25. The summed E-state index contributed by atoms with van der Waals surface area (Å²) in [6.45, 7) is 0.359. The van der Waals surface area contributed by atoms with Crippen molar-refractivity contribution < 1.29 is 14.3 Å². The quantitative estimate of drug-likeness (QED) is 0.293. The lowest BCUT2D eigenvalue weighted by atomic mass is 10.2. The van der Waals surface area contributed by atoms with Crippen LogP contribution in [-0.2, 0) is 11.4 Å². The van der Waals surface area contributed by atoms with Gasteiger partial charge < -0.3 is 14.8 Å². The van der Waals surface area contributed by atoms with Crippen LogP contribution < -0.4 is 20.2 Å².